The minimum Gasteiger partial charge on any atom is -0.376 e. The van der Waals surface area contributed by atoms with E-state index >= 15 is 0 Å². The van der Waals surface area contributed by atoms with Crippen molar-refractivity contribution < 1.29 is 4.79 Å². The second-order valence-corrected chi connectivity index (χ2v) is 6.10. The monoisotopic (exact) mass is 350 g/mol. The molecule has 3 rings (SSSR count). The van der Waals surface area contributed by atoms with Crippen LogP contribution in [0.2, 0.25) is 5.02 Å². The zero-order valence-corrected chi connectivity index (χ0v) is 14.5. The van der Waals surface area contributed by atoms with E-state index in [1.165, 1.54) is 0 Å². The number of halogens is 1. The maximum atomic E-state index is 12.8. The van der Waals surface area contributed by atoms with E-state index in [0.29, 0.717) is 11.6 Å². The molecule has 0 radical (unpaired) electrons. The summed E-state index contributed by atoms with van der Waals surface area (Å²) < 4.78 is 0. The molecule has 0 aliphatic heterocycles. The fourth-order valence-corrected chi connectivity index (χ4v) is 2.76. The number of hydrogen-bond acceptors (Lipinski definition) is 2. The van der Waals surface area contributed by atoms with E-state index in [2.05, 4.69) is 5.32 Å². The zero-order chi connectivity index (χ0) is 17.5. The molecular weight excluding hydrogens is 332 g/mol. The topological polar surface area (TPSA) is 32.3 Å². The van der Waals surface area contributed by atoms with Crippen LogP contribution in [0.3, 0.4) is 0 Å². The number of benzene rings is 3. The number of nitrogens with zero attached hydrogens (tertiary/aromatic N) is 1. The number of hydrogen-bond donors (Lipinski definition) is 1. The Hall–Kier alpha value is -2.78. The van der Waals surface area contributed by atoms with Gasteiger partial charge in [0.1, 0.15) is 0 Å². The molecule has 25 heavy (non-hydrogen) atoms. The quantitative estimate of drug-likeness (QED) is 0.679. The first-order chi connectivity index (χ1) is 12.2. The largest absolute Gasteiger partial charge is 0.376 e. The predicted molar refractivity (Wildman–Crippen MR) is 104 cm³/mol. The van der Waals surface area contributed by atoms with E-state index in [4.69, 9.17) is 11.6 Å². The highest BCUT2D eigenvalue weighted by molar-refractivity contribution is 6.30. The number of amides is 1. The van der Waals surface area contributed by atoms with Gasteiger partial charge in [-0.15, -0.1) is 0 Å². The molecule has 0 spiro atoms. The minimum atomic E-state index is -0.00460. The first kappa shape index (κ1) is 17.1. The number of carbonyl (C=O) groups is 1. The second kappa shape index (κ2) is 8.36. The molecule has 0 aliphatic carbocycles. The van der Waals surface area contributed by atoms with Crippen LogP contribution < -0.4 is 10.2 Å². The molecule has 0 saturated carbocycles. The van der Waals surface area contributed by atoms with Crippen LogP contribution in [-0.2, 0) is 11.3 Å². The molecule has 0 fully saturated rings. The van der Waals surface area contributed by atoms with Crippen molar-refractivity contribution in [3.63, 3.8) is 0 Å². The Morgan fingerprint density at radius 2 is 1.56 bits per heavy atom. The van der Waals surface area contributed by atoms with Gasteiger partial charge in [0.15, 0.2) is 0 Å². The van der Waals surface area contributed by atoms with Gasteiger partial charge in [0.2, 0.25) is 5.91 Å². The van der Waals surface area contributed by atoms with Gasteiger partial charge in [-0.3, -0.25) is 4.79 Å². The van der Waals surface area contributed by atoms with Crippen molar-refractivity contribution in [1.82, 2.24) is 0 Å². The Labute approximate surface area is 152 Å². The third-order valence-electron chi connectivity index (χ3n) is 3.82. The van der Waals surface area contributed by atoms with Crippen LogP contribution in [0, 0.1) is 0 Å². The molecular formula is C21H19ClN2O. The number of nitrogens with one attached hydrogen (secondary N) is 1. The summed E-state index contributed by atoms with van der Waals surface area (Å²) in [5.41, 5.74) is 2.79. The first-order valence-corrected chi connectivity index (χ1v) is 8.49. The first-order valence-electron chi connectivity index (χ1n) is 8.11. The normalized spacial score (nSPS) is 10.3. The van der Waals surface area contributed by atoms with Crippen LogP contribution in [0.5, 0.6) is 0 Å². The molecule has 0 heterocycles. The van der Waals surface area contributed by atoms with Gasteiger partial charge in [0.25, 0.3) is 0 Å². The molecule has 126 valence electrons. The summed E-state index contributed by atoms with van der Waals surface area (Å²) in [7, 11) is 0. The molecule has 1 amide bonds. The highest BCUT2D eigenvalue weighted by Crippen LogP contribution is 2.18. The van der Waals surface area contributed by atoms with Gasteiger partial charge in [-0.2, -0.15) is 0 Å². The van der Waals surface area contributed by atoms with Crippen LogP contribution >= 0.6 is 11.6 Å². The lowest BCUT2D eigenvalue weighted by Crippen LogP contribution is -2.35. The Kier molecular flexibility index (Phi) is 5.70. The molecule has 0 aromatic heterocycles. The molecule has 0 aliphatic rings. The lowest BCUT2D eigenvalue weighted by Gasteiger charge is -2.23. The second-order valence-electron chi connectivity index (χ2n) is 5.66. The smallest absolute Gasteiger partial charge is 0.246 e. The van der Waals surface area contributed by atoms with Crippen LogP contribution in [-0.4, -0.2) is 12.5 Å². The highest BCUT2D eigenvalue weighted by Gasteiger charge is 2.15. The highest BCUT2D eigenvalue weighted by atomic mass is 35.5. The summed E-state index contributed by atoms with van der Waals surface area (Å²) in [6, 6.07) is 27.0. The zero-order valence-electron chi connectivity index (χ0n) is 13.7. The van der Waals surface area contributed by atoms with Crippen molar-refractivity contribution in [2.45, 2.75) is 6.54 Å². The Morgan fingerprint density at radius 1 is 0.880 bits per heavy atom. The lowest BCUT2D eigenvalue weighted by atomic mass is 10.2. The summed E-state index contributed by atoms with van der Waals surface area (Å²) in [4.78, 5) is 14.6. The maximum absolute atomic E-state index is 12.8. The standard InChI is InChI=1S/C21H19ClN2O/c22-18-10-7-11-19(14-18)23-15-21(25)24(20-12-5-2-6-13-20)16-17-8-3-1-4-9-17/h1-14,23H,15-16H2. The van der Waals surface area contributed by atoms with Gasteiger partial charge in [0, 0.05) is 16.4 Å². The molecule has 3 aromatic rings. The van der Waals surface area contributed by atoms with Crippen molar-refractivity contribution in [3.05, 3.63) is 95.5 Å². The van der Waals surface area contributed by atoms with Crippen LogP contribution in [0.15, 0.2) is 84.9 Å². The van der Waals surface area contributed by atoms with E-state index in [9.17, 15) is 4.79 Å². The van der Waals surface area contributed by atoms with Crippen molar-refractivity contribution in [2.24, 2.45) is 0 Å². The maximum Gasteiger partial charge on any atom is 0.246 e. The summed E-state index contributed by atoms with van der Waals surface area (Å²) in [6.07, 6.45) is 0. The van der Waals surface area contributed by atoms with E-state index in [1.54, 1.807) is 17.0 Å². The fourth-order valence-electron chi connectivity index (χ4n) is 2.57. The SMILES string of the molecule is O=C(CNc1cccc(Cl)c1)N(Cc1ccccc1)c1ccccc1. The average molecular weight is 351 g/mol. The number of anilines is 2. The molecule has 3 nitrogen and oxygen atoms in total. The molecule has 0 unspecified atom stereocenters. The van der Waals surface area contributed by atoms with Crippen LogP contribution in [0.4, 0.5) is 11.4 Å². The van der Waals surface area contributed by atoms with E-state index < -0.39 is 0 Å². The summed E-state index contributed by atoms with van der Waals surface area (Å²) in [5, 5.41) is 3.79. The van der Waals surface area contributed by atoms with Gasteiger partial charge in [-0.05, 0) is 35.9 Å². The van der Waals surface area contributed by atoms with Gasteiger partial charge in [-0.25, -0.2) is 0 Å². The van der Waals surface area contributed by atoms with Crippen molar-refractivity contribution in [1.29, 1.82) is 0 Å². The Bertz CT molecular complexity index is 822. The van der Waals surface area contributed by atoms with Crippen molar-refractivity contribution in [2.75, 3.05) is 16.8 Å². The molecule has 4 heteroatoms. The minimum absolute atomic E-state index is 0.00460. The number of rotatable bonds is 6. The van der Waals surface area contributed by atoms with Crippen LogP contribution in [0.25, 0.3) is 0 Å². The third kappa shape index (κ3) is 4.85. The molecule has 0 saturated heterocycles. The Balaban J connectivity index is 1.75. The summed E-state index contributed by atoms with van der Waals surface area (Å²) in [6.45, 7) is 0.725. The number of carbonyl (C=O) groups excluding carboxylic acids is 1. The molecule has 0 bridgehead atoms. The van der Waals surface area contributed by atoms with Gasteiger partial charge in [0.05, 0.1) is 13.1 Å². The van der Waals surface area contributed by atoms with E-state index in [-0.39, 0.29) is 12.5 Å². The number of para-hydroxylation sites is 1. The summed E-state index contributed by atoms with van der Waals surface area (Å²) >= 11 is 5.99. The van der Waals surface area contributed by atoms with Gasteiger partial charge in [-0.1, -0.05) is 66.2 Å². The predicted octanol–water partition coefficient (Wildman–Crippen LogP) is 4.99. The van der Waals surface area contributed by atoms with Crippen LogP contribution in [0.1, 0.15) is 5.56 Å². The molecule has 0 atom stereocenters. The summed E-state index contributed by atoms with van der Waals surface area (Å²) in [5.74, 6) is -0.00460. The molecule has 3 aromatic carbocycles. The van der Waals surface area contributed by atoms with Crippen molar-refractivity contribution in [3.8, 4) is 0 Å². The third-order valence-corrected chi connectivity index (χ3v) is 4.06. The van der Waals surface area contributed by atoms with Crippen molar-refractivity contribution >= 4 is 28.9 Å². The van der Waals surface area contributed by atoms with E-state index in [0.717, 1.165) is 16.9 Å². The Morgan fingerprint density at radius 3 is 2.24 bits per heavy atom. The average Bonchev–Trinajstić information content (AvgIpc) is 2.66. The molecule has 1 N–H and O–H groups in total. The fraction of sp³-hybridized carbons (Fsp3) is 0.0952. The van der Waals surface area contributed by atoms with E-state index in [1.807, 2.05) is 72.8 Å². The lowest BCUT2D eigenvalue weighted by molar-refractivity contribution is -0.117. The van der Waals surface area contributed by atoms with Gasteiger partial charge >= 0.3 is 0 Å². The van der Waals surface area contributed by atoms with Gasteiger partial charge < -0.3 is 10.2 Å².